The Morgan fingerprint density at radius 2 is 1.74 bits per heavy atom. The van der Waals surface area contributed by atoms with Gasteiger partial charge in [-0.05, 0) is 56.5 Å². The van der Waals surface area contributed by atoms with E-state index >= 15 is 0 Å². The van der Waals surface area contributed by atoms with Crippen molar-refractivity contribution >= 4 is 35.6 Å². The molecule has 27 heavy (non-hydrogen) atoms. The molecule has 146 valence electrons. The summed E-state index contributed by atoms with van der Waals surface area (Å²) in [6, 6.07) is 17.6. The van der Waals surface area contributed by atoms with Gasteiger partial charge < -0.3 is 11.1 Å². The van der Waals surface area contributed by atoms with E-state index in [0.717, 1.165) is 12.2 Å². The number of rotatable bonds is 5. The average Bonchev–Trinajstić information content (AvgIpc) is 2.65. The first-order chi connectivity index (χ1) is 12.6. The number of hydrogen-bond acceptors (Lipinski definition) is 2. The SMILES string of the molecule is Cc1ccc(NC(N)=NCc2ccc(CN3CCCCC3C)cc2)cc1.I. The zero-order valence-electron chi connectivity index (χ0n) is 16.3. The molecule has 4 nitrogen and oxygen atoms in total. The molecule has 1 aliphatic rings. The molecule has 3 N–H and O–H groups in total. The molecule has 1 aliphatic heterocycles. The van der Waals surface area contributed by atoms with Crippen LogP contribution in [-0.2, 0) is 13.1 Å². The number of aliphatic imine (C=N–C) groups is 1. The first-order valence-corrected chi connectivity index (χ1v) is 9.55. The van der Waals surface area contributed by atoms with Crippen molar-refractivity contribution in [2.75, 3.05) is 11.9 Å². The zero-order valence-corrected chi connectivity index (χ0v) is 18.6. The number of nitrogens with zero attached hydrogens (tertiary/aromatic N) is 2. The highest BCUT2D eigenvalue weighted by atomic mass is 127. The Hall–Kier alpha value is -1.60. The van der Waals surface area contributed by atoms with Crippen LogP contribution in [0.1, 0.15) is 42.9 Å². The number of benzene rings is 2. The smallest absolute Gasteiger partial charge is 0.193 e. The van der Waals surface area contributed by atoms with E-state index in [-0.39, 0.29) is 24.0 Å². The lowest BCUT2D eigenvalue weighted by Gasteiger charge is -2.33. The second-order valence-corrected chi connectivity index (χ2v) is 7.32. The summed E-state index contributed by atoms with van der Waals surface area (Å²) >= 11 is 0. The summed E-state index contributed by atoms with van der Waals surface area (Å²) in [6.45, 7) is 7.25. The molecular formula is C22H31IN4. The first kappa shape index (κ1) is 21.7. The van der Waals surface area contributed by atoms with Gasteiger partial charge in [0.2, 0.25) is 0 Å². The average molecular weight is 478 g/mol. The minimum absolute atomic E-state index is 0. The largest absolute Gasteiger partial charge is 0.370 e. The van der Waals surface area contributed by atoms with E-state index in [2.05, 4.69) is 65.5 Å². The molecule has 1 unspecified atom stereocenters. The molecule has 0 aliphatic carbocycles. The zero-order chi connectivity index (χ0) is 18.4. The van der Waals surface area contributed by atoms with E-state index in [4.69, 9.17) is 5.73 Å². The number of aryl methyl sites for hydroxylation is 1. The number of nitrogens with two attached hydrogens (primary N) is 1. The van der Waals surface area contributed by atoms with E-state index < -0.39 is 0 Å². The van der Waals surface area contributed by atoms with Crippen LogP contribution in [0, 0.1) is 6.92 Å². The van der Waals surface area contributed by atoms with Crippen LogP contribution >= 0.6 is 24.0 Å². The molecular weight excluding hydrogens is 447 g/mol. The normalized spacial score (nSPS) is 18.0. The third kappa shape index (κ3) is 6.81. The molecule has 0 spiro atoms. The molecule has 0 radical (unpaired) electrons. The quantitative estimate of drug-likeness (QED) is 0.365. The molecule has 3 rings (SSSR count). The van der Waals surface area contributed by atoms with Crippen LogP contribution in [0.3, 0.4) is 0 Å². The van der Waals surface area contributed by atoms with Gasteiger partial charge in [-0.3, -0.25) is 4.90 Å². The minimum atomic E-state index is 0. The summed E-state index contributed by atoms with van der Waals surface area (Å²) in [5.74, 6) is 0.445. The van der Waals surface area contributed by atoms with Crippen molar-refractivity contribution in [3.63, 3.8) is 0 Å². The van der Waals surface area contributed by atoms with Gasteiger partial charge in [-0.15, -0.1) is 24.0 Å². The second-order valence-electron chi connectivity index (χ2n) is 7.32. The van der Waals surface area contributed by atoms with E-state index in [1.54, 1.807) is 0 Å². The maximum Gasteiger partial charge on any atom is 0.193 e. The molecule has 1 atom stereocenters. The second kappa shape index (κ2) is 10.7. The Labute approximate surface area is 180 Å². The molecule has 0 aromatic heterocycles. The van der Waals surface area contributed by atoms with Crippen molar-refractivity contribution < 1.29 is 0 Å². The van der Waals surface area contributed by atoms with Gasteiger partial charge in [0.25, 0.3) is 0 Å². The summed E-state index contributed by atoms with van der Waals surface area (Å²) < 4.78 is 0. The van der Waals surface area contributed by atoms with E-state index in [0.29, 0.717) is 18.5 Å². The van der Waals surface area contributed by atoms with Crippen molar-refractivity contribution in [2.24, 2.45) is 10.7 Å². The molecule has 2 aromatic rings. The van der Waals surface area contributed by atoms with Crippen molar-refractivity contribution in [2.45, 2.75) is 52.2 Å². The summed E-state index contributed by atoms with van der Waals surface area (Å²) in [5.41, 5.74) is 10.7. The fraction of sp³-hybridized carbons (Fsp3) is 0.409. The van der Waals surface area contributed by atoms with Gasteiger partial charge in [-0.1, -0.05) is 48.4 Å². The fourth-order valence-electron chi connectivity index (χ4n) is 3.38. The molecule has 1 saturated heterocycles. The van der Waals surface area contributed by atoms with Crippen molar-refractivity contribution in [3.8, 4) is 0 Å². The fourth-order valence-corrected chi connectivity index (χ4v) is 3.38. The van der Waals surface area contributed by atoms with Crippen LogP contribution in [0.15, 0.2) is 53.5 Å². The first-order valence-electron chi connectivity index (χ1n) is 9.55. The molecule has 1 fully saturated rings. The van der Waals surface area contributed by atoms with Gasteiger partial charge in [0.15, 0.2) is 5.96 Å². The number of piperidine rings is 1. The van der Waals surface area contributed by atoms with Crippen LogP contribution < -0.4 is 11.1 Å². The van der Waals surface area contributed by atoms with Crippen molar-refractivity contribution in [1.82, 2.24) is 4.90 Å². The third-order valence-corrected chi connectivity index (χ3v) is 5.11. The number of hydrogen-bond donors (Lipinski definition) is 2. The summed E-state index contributed by atoms with van der Waals surface area (Å²) in [5, 5.41) is 3.13. The number of nitrogens with one attached hydrogen (secondary N) is 1. The molecule has 2 aromatic carbocycles. The molecule has 0 bridgehead atoms. The lowest BCUT2D eigenvalue weighted by molar-refractivity contribution is 0.152. The molecule has 5 heteroatoms. The highest BCUT2D eigenvalue weighted by Crippen LogP contribution is 2.19. The Balaban J connectivity index is 0.00000261. The minimum Gasteiger partial charge on any atom is -0.370 e. The standard InChI is InChI=1S/C22H30N4.HI/c1-17-6-12-21(13-7-17)25-22(23)24-15-19-8-10-20(11-9-19)16-26-14-4-3-5-18(26)2;/h6-13,18H,3-5,14-16H2,1-2H3,(H3,23,24,25);1H. The maximum atomic E-state index is 5.99. The van der Waals surface area contributed by atoms with Crippen LogP contribution in [0.4, 0.5) is 5.69 Å². The van der Waals surface area contributed by atoms with Gasteiger partial charge in [-0.2, -0.15) is 0 Å². The van der Waals surface area contributed by atoms with Crippen LogP contribution in [0.25, 0.3) is 0 Å². The number of guanidine groups is 1. The Morgan fingerprint density at radius 3 is 2.41 bits per heavy atom. The van der Waals surface area contributed by atoms with Gasteiger partial charge in [0, 0.05) is 18.3 Å². The van der Waals surface area contributed by atoms with Crippen LogP contribution in [-0.4, -0.2) is 23.4 Å². The Bertz CT molecular complexity index is 725. The van der Waals surface area contributed by atoms with E-state index in [1.165, 1.54) is 42.5 Å². The Morgan fingerprint density at radius 1 is 1.07 bits per heavy atom. The van der Waals surface area contributed by atoms with Crippen LogP contribution in [0.2, 0.25) is 0 Å². The van der Waals surface area contributed by atoms with Crippen molar-refractivity contribution in [3.05, 3.63) is 65.2 Å². The predicted octanol–water partition coefficient (Wildman–Crippen LogP) is 4.91. The molecule has 1 heterocycles. The number of anilines is 1. The third-order valence-electron chi connectivity index (χ3n) is 5.11. The topological polar surface area (TPSA) is 53.6 Å². The Kier molecular flexibility index (Phi) is 8.57. The summed E-state index contributed by atoms with van der Waals surface area (Å²) in [7, 11) is 0. The number of halogens is 1. The lowest BCUT2D eigenvalue weighted by atomic mass is 10.0. The van der Waals surface area contributed by atoms with E-state index in [9.17, 15) is 0 Å². The maximum absolute atomic E-state index is 5.99. The summed E-state index contributed by atoms with van der Waals surface area (Å²) in [4.78, 5) is 7.03. The molecule has 0 amide bonds. The monoisotopic (exact) mass is 478 g/mol. The highest BCUT2D eigenvalue weighted by molar-refractivity contribution is 14.0. The number of likely N-dealkylation sites (tertiary alicyclic amines) is 1. The molecule has 0 saturated carbocycles. The van der Waals surface area contributed by atoms with Gasteiger partial charge in [0.1, 0.15) is 0 Å². The van der Waals surface area contributed by atoms with Crippen LogP contribution in [0.5, 0.6) is 0 Å². The summed E-state index contributed by atoms with van der Waals surface area (Å²) in [6.07, 6.45) is 4.01. The van der Waals surface area contributed by atoms with Gasteiger partial charge >= 0.3 is 0 Å². The van der Waals surface area contributed by atoms with Gasteiger partial charge in [0.05, 0.1) is 6.54 Å². The lowest BCUT2D eigenvalue weighted by Crippen LogP contribution is -2.36. The van der Waals surface area contributed by atoms with Gasteiger partial charge in [-0.25, -0.2) is 4.99 Å². The van der Waals surface area contributed by atoms with Crippen molar-refractivity contribution in [1.29, 1.82) is 0 Å². The predicted molar refractivity (Wildman–Crippen MR) is 126 cm³/mol. The highest BCUT2D eigenvalue weighted by Gasteiger charge is 2.17. The van der Waals surface area contributed by atoms with E-state index in [1.807, 2.05) is 12.1 Å².